The maximum atomic E-state index is 17.2. The van der Waals surface area contributed by atoms with Gasteiger partial charge >= 0.3 is 6.61 Å². The average Bonchev–Trinajstić information content (AvgIpc) is 3.47. The van der Waals surface area contributed by atoms with Gasteiger partial charge in [0, 0.05) is 61.6 Å². The molecule has 15 heteroatoms. The average molecular weight is 722 g/mol. The highest BCUT2D eigenvalue weighted by Gasteiger charge is 2.50. The van der Waals surface area contributed by atoms with Crippen molar-refractivity contribution in [3.05, 3.63) is 101 Å². The van der Waals surface area contributed by atoms with E-state index in [0.717, 1.165) is 16.1 Å². The van der Waals surface area contributed by atoms with Crippen molar-refractivity contribution in [3.8, 4) is 22.5 Å². The van der Waals surface area contributed by atoms with E-state index < -0.39 is 45.9 Å². The standard InChI is InChI=1S/C36H34F3N5O6S/c1-5-44(51(4,47)48)25-17-26-28(29(33(46)40-3)31(50-26)21-12-10-20(2)11-13-21)30(37)27(25)22-8-6-9-23(16-22)32(45)43-36(34-41-14-7-15-42-34)18-24(19-36)49-35(38)39/h6-17,24,35H,5,18-19H2,1-4H3,(H,40,46)(H,43,45). The molecule has 0 saturated heterocycles. The number of anilines is 1. The predicted octanol–water partition coefficient (Wildman–Crippen LogP) is 6.18. The van der Waals surface area contributed by atoms with Gasteiger partial charge in [0.1, 0.15) is 22.7 Å². The Labute approximate surface area is 291 Å². The quantitative estimate of drug-likeness (QED) is 0.165. The highest BCUT2D eigenvalue weighted by molar-refractivity contribution is 7.92. The zero-order valence-corrected chi connectivity index (χ0v) is 28.9. The van der Waals surface area contributed by atoms with E-state index in [1.54, 1.807) is 25.1 Å². The Morgan fingerprint density at radius 3 is 2.33 bits per heavy atom. The van der Waals surface area contributed by atoms with Crippen molar-refractivity contribution in [2.24, 2.45) is 0 Å². The number of rotatable bonds is 11. The first-order valence-corrected chi connectivity index (χ1v) is 17.8. The summed E-state index contributed by atoms with van der Waals surface area (Å²) in [4.78, 5) is 35.6. The number of carbonyl (C=O) groups excluding carboxylic acids is 2. The molecule has 2 aromatic heterocycles. The molecule has 2 N–H and O–H groups in total. The molecule has 11 nitrogen and oxygen atoms in total. The molecule has 0 bridgehead atoms. The third-order valence-corrected chi connectivity index (χ3v) is 10.1. The van der Waals surface area contributed by atoms with E-state index in [0.29, 0.717) is 5.56 Å². The van der Waals surface area contributed by atoms with Gasteiger partial charge in [-0.25, -0.2) is 22.8 Å². The minimum absolute atomic E-state index is 0.0197. The molecule has 5 aromatic rings. The molecule has 0 atom stereocenters. The summed E-state index contributed by atoms with van der Waals surface area (Å²) in [6, 6.07) is 15.9. The maximum Gasteiger partial charge on any atom is 0.345 e. The molecule has 1 saturated carbocycles. The van der Waals surface area contributed by atoms with Crippen molar-refractivity contribution in [2.75, 3.05) is 24.2 Å². The Morgan fingerprint density at radius 2 is 1.73 bits per heavy atom. The van der Waals surface area contributed by atoms with E-state index in [4.69, 9.17) is 4.42 Å². The molecular formula is C36H34F3N5O6S. The lowest BCUT2D eigenvalue weighted by molar-refractivity contribution is -0.198. The van der Waals surface area contributed by atoms with Crippen LogP contribution in [0.25, 0.3) is 33.4 Å². The van der Waals surface area contributed by atoms with Crippen molar-refractivity contribution in [3.63, 3.8) is 0 Å². The first kappa shape index (κ1) is 35.5. The maximum absolute atomic E-state index is 17.2. The number of aromatic nitrogens is 2. The number of aryl methyl sites for hydroxylation is 1. The Hall–Kier alpha value is -5.28. The van der Waals surface area contributed by atoms with Crippen molar-refractivity contribution >= 4 is 38.5 Å². The number of hydrogen-bond donors (Lipinski definition) is 2. The van der Waals surface area contributed by atoms with Gasteiger partial charge in [0.15, 0.2) is 5.82 Å². The third-order valence-electron chi connectivity index (χ3n) is 8.83. The number of ether oxygens (including phenoxy) is 1. The molecule has 1 aliphatic rings. The lowest BCUT2D eigenvalue weighted by atomic mass is 9.73. The Morgan fingerprint density at radius 1 is 1.04 bits per heavy atom. The Balaban J connectivity index is 1.50. The minimum atomic E-state index is -3.97. The van der Waals surface area contributed by atoms with Gasteiger partial charge in [0.2, 0.25) is 10.0 Å². The number of benzene rings is 3. The second-order valence-electron chi connectivity index (χ2n) is 12.3. The molecule has 2 heterocycles. The molecular weight excluding hydrogens is 687 g/mol. The number of nitrogens with zero attached hydrogens (tertiary/aromatic N) is 3. The monoisotopic (exact) mass is 721 g/mol. The number of hydrogen-bond acceptors (Lipinski definition) is 8. The van der Waals surface area contributed by atoms with E-state index in [2.05, 4.69) is 25.3 Å². The number of carbonyl (C=O) groups is 2. The van der Waals surface area contributed by atoms with Crippen LogP contribution < -0.4 is 14.9 Å². The number of alkyl halides is 2. The van der Waals surface area contributed by atoms with Gasteiger partial charge in [-0.1, -0.05) is 42.0 Å². The number of furan rings is 1. The summed E-state index contributed by atoms with van der Waals surface area (Å²) >= 11 is 0. The van der Waals surface area contributed by atoms with E-state index in [-0.39, 0.29) is 69.9 Å². The summed E-state index contributed by atoms with van der Waals surface area (Å²) < 4.78 is 81.0. The van der Waals surface area contributed by atoms with Crippen LogP contribution in [0.4, 0.5) is 18.9 Å². The normalized spacial score (nSPS) is 17.3. The molecule has 1 aliphatic carbocycles. The van der Waals surface area contributed by atoms with Crippen LogP contribution in [0, 0.1) is 12.7 Å². The first-order valence-electron chi connectivity index (χ1n) is 16.0. The SMILES string of the molecule is CCN(c1cc2oc(-c3ccc(C)cc3)c(C(=O)NC)c2c(F)c1-c1cccc(C(=O)NC2(c3ncccn3)CC(OC(F)F)C2)c1)S(C)(=O)=O. The lowest BCUT2D eigenvalue weighted by Crippen LogP contribution is -2.58. The van der Waals surface area contributed by atoms with Crippen molar-refractivity contribution in [1.29, 1.82) is 0 Å². The van der Waals surface area contributed by atoms with Crippen LogP contribution >= 0.6 is 0 Å². The summed E-state index contributed by atoms with van der Waals surface area (Å²) in [5.41, 5.74) is -0.0180. The van der Waals surface area contributed by atoms with Crippen LogP contribution in [0.3, 0.4) is 0 Å². The van der Waals surface area contributed by atoms with Crippen LogP contribution in [0.2, 0.25) is 0 Å². The van der Waals surface area contributed by atoms with Gasteiger partial charge in [-0.05, 0) is 37.6 Å². The zero-order chi connectivity index (χ0) is 36.7. The molecule has 2 amide bonds. The summed E-state index contributed by atoms with van der Waals surface area (Å²) in [6.07, 6.45) is 3.02. The molecule has 0 aliphatic heterocycles. The largest absolute Gasteiger partial charge is 0.455 e. The molecule has 0 unspecified atom stereocenters. The van der Waals surface area contributed by atoms with Gasteiger partial charge in [-0.3, -0.25) is 13.9 Å². The number of sulfonamides is 1. The molecule has 51 heavy (non-hydrogen) atoms. The van der Waals surface area contributed by atoms with E-state index in [1.165, 1.54) is 49.8 Å². The second-order valence-corrected chi connectivity index (χ2v) is 14.2. The van der Waals surface area contributed by atoms with Crippen LogP contribution in [0.15, 0.2) is 77.5 Å². The van der Waals surface area contributed by atoms with E-state index >= 15 is 4.39 Å². The summed E-state index contributed by atoms with van der Waals surface area (Å²) in [6.45, 7) is 0.396. The summed E-state index contributed by atoms with van der Waals surface area (Å²) in [5, 5.41) is 5.22. The van der Waals surface area contributed by atoms with Gasteiger partial charge in [-0.2, -0.15) is 8.78 Å². The summed E-state index contributed by atoms with van der Waals surface area (Å²) in [7, 11) is -2.57. The minimum Gasteiger partial charge on any atom is -0.455 e. The third kappa shape index (κ3) is 6.78. The Kier molecular flexibility index (Phi) is 9.61. The molecule has 6 rings (SSSR count). The van der Waals surface area contributed by atoms with Crippen molar-refractivity contribution < 1.29 is 40.3 Å². The molecule has 0 radical (unpaired) electrons. The second kappa shape index (κ2) is 13.8. The van der Waals surface area contributed by atoms with Crippen LogP contribution in [-0.4, -0.2) is 62.8 Å². The molecule has 0 spiro atoms. The van der Waals surface area contributed by atoms with Gasteiger partial charge in [0.25, 0.3) is 11.8 Å². The number of fused-ring (bicyclic) bond motifs is 1. The van der Waals surface area contributed by atoms with Crippen molar-refractivity contribution in [2.45, 2.75) is 44.9 Å². The molecule has 1 fully saturated rings. The predicted molar refractivity (Wildman–Crippen MR) is 184 cm³/mol. The van der Waals surface area contributed by atoms with E-state index in [9.17, 15) is 26.8 Å². The molecule has 3 aromatic carbocycles. The fraction of sp³-hybridized carbons (Fsp3) is 0.278. The van der Waals surface area contributed by atoms with Crippen LogP contribution in [0.1, 0.15) is 51.9 Å². The zero-order valence-electron chi connectivity index (χ0n) is 28.0. The van der Waals surface area contributed by atoms with Crippen molar-refractivity contribution in [1.82, 2.24) is 20.6 Å². The van der Waals surface area contributed by atoms with Gasteiger partial charge < -0.3 is 19.8 Å². The molecule has 266 valence electrons. The van der Waals surface area contributed by atoms with E-state index in [1.807, 2.05) is 19.1 Å². The fourth-order valence-electron chi connectivity index (χ4n) is 6.46. The highest BCUT2D eigenvalue weighted by Crippen LogP contribution is 2.45. The smallest absolute Gasteiger partial charge is 0.345 e. The van der Waals surface area contributed by atoms with Gasteiger partial charge in [-0.15, -0.1) is 0 Å². The topological polar surface area (TPSA) is 144 Å². The number of nitrogens with one attached hydrogen (secondary N) is 2. The lowest BCUT2D eigenvalue weighted by Gasteiger charge is -2.46. The first-order chi connectivity index (χ1) is 24.3. The number of halogens is 3. The van der Waals surface area contributed by atoms with Crippen LogP contribution in [0.5, 0.6) is 0 Å². The van der Waals surface area contributed by atoms with Gasteiger partial charge in [0.05, 0.1) is 29.0 Å². The van der Waals surface area contributed by atoms with Crippen LogP contribution in [-0.2, 0) is 20.3 Å². The number of amides is 2. The Bertz CT molecular complexity index is 2220. The fourth-order valence-corrected chi connectivity index (χ4v) is 7.43. The highest BCUT2D eigenvalue weighted by atomic mass is 32.2. The summed E-state index contributed by atoms with van der Waals surface area (Å²) in [5.74, 6) is -1.92.